The summed E-state index contributed by atoms with van der Waals surface area (Å²) in [7, 11) is 0. The third kappa shape index (κ3) is 3.63. The van der Waals surface area contributed by atoms with E-state index in [4.69, 9.17) is 9.72 Å². The third-order valence-corrected chi connectivity index (χ3v) is 10.0. The predicted molar refractivity (Wildman–Crippen MR) is 146 cm³/mol. The molecule has 3 aliphatic heterocycles. The van der Waals surface area contributed by atoms with Crippen LogP contribution in [0.15, 0.2) is 23.0 Å². The van der Waals surface area contributed by atoms with Gasteiger partial charge in [-0.15, -0.1) is 0 Å². The van der Waals surface area contributed by atoms with E-state index in [0.29, 0.717) is 41.5 Å². The Morgan fingerprint density at radius 3 is 2.55 bits per heavy atom. The van der Waals surface area contributed by atoms with Crippen LogP contribution in [0.25, 0.3) is 22.3 Å². The fraction of sp³-hybridized carbons (Fsp3) is 0.516. The summed E-state index contributed by atoms with van der Waals surface area (Å²) in [6, 6.07) is 4.99. The summed E-state index contributed by atoms with van der Waals surface area (Å²) < 4.78 is 21.6. The van der Waals surface area contributed by atoms with Gasteiger partial charge in [0.25, 0.3) is 5.56 Å². The van der Waals surface area contributed by atoms with Crippen LogP contribution in [0, 0.1) is 18.7 Å². The van der Waals surface area contributed by atoms with Crippen molar-refractivity contribution in [1.82, 2.24) is 14.5 Å². The number of ether oxygens (including phenoxy) is 1. The van der Waals surface area contributed by atoms with Crippen molar-refractivity contribution in [2.45, 2.75) is 83.3 Å². The van der Waals surface area contributed by atoms with Crippen molar-refractivity contribution in [2.75, 3.05) is 13.1 Å². The second-order valence-corrected chi connectivity index (χ2v) is 12.1. The molecule has 9 heteroatoms. The molecular weight excluding hydrogens is 513 g/mol. The zero-order valence-corrected chi connectivity index (χ0v) is 22.9. The van der Waals surface area contributed by atoms with Gasteiger partial charge in [-0.2, -0.15) is 0 Å². The van der Waals surface area contributed by atoms with Crippen LogP contribution in [-0.4, -0.2) is 49.3 Å². The highest BCUT2D eigenvalue weighted by atomic mass is 19.1. The normalized spacial score (nSPS) is 23.9. The molecule has 0 amide bonds. The first kappa shape index (κ1) is 25.8. The molecule has 4 aliphatic rings. The van der Waals surface area contributed by atoms with Gasteiger partial charge in [-0.25, -0.2) is 14.2 Å². The molecule has 3 aromatic rings. The second-order valence-electron chi connectivity index (χ2n) is 12.1. The van der Waals surface area contributed by atoms with Crippen LogP contribution in [0.3, 0.4) is 0 Å². The summed E-state index contributed by atoms with van der Waals surface area (Å²) in [6.07, 6.45) is 4.83. The molecule has 1 aliphatic carbocycles. The maximum Gasteiger partial charge on any atom is 0.343 e. The third-order valence-electron chi connectivity index (χ3n) is 10.0. The van der Waals surface area contributed by atoms with Crippen LogP contribution in [0.2, 0.25) is 0 Å². The standard InChI is InChI=1S/C31H34FN3O5/c1-3-31(39)23-12-26-27-21(15-35(26)28(36)22(23)16-40-29(31)37)20(19-11-17(2)24(32)13-25(19)33-27)14-34-9-5-18(6-10-34)30(38)7-4-8-30/h11-13,18,38-39H,3-10,14-16H2,1-2H3/t31-/m0/s1. The van der Waals surface area contributed by atoms with Crippen molar-refractivity contribution >= 4 is 16.9 Å². The minimum absolute atomic E-state index is 0.0700. The van der Waals surface area contributed by atoms with E-state index in [9.17, 15) is 24.2 Å². The number of halogens is 1. The van der Waals surface area contributed by atoms with Gasteiger partial charge in [0, 0.05) is 29.1 Å². The van der Waals surface area contributed by atoms with E-state index >= 15 is 0 Å². The van der Waals surface area contributed by atoms with Gasteiger partial charge in [0.1, 0.15) is 12.4 Å². The summed E-state index contributed by atoms with van der Waals surface area (Å²) in [6.45, 7) is 5.88. The van der Waals surface area contributed by atoms with Crippen LogP contribution < -0.4 is 5.56 Å². The number of aromatic nitrogens is 2. The molecule has 7 rings (SSSR count). The molecule has 1 aromatic carbocycles. The summed E-state index contributed by atoms with van der Waals surface area (Å²) in [5, 5.41) is 22.9. The number of piperidine rings is 1. The van der Waals surface area contributed by atoms with Gasteiger partial charge in [0.05, 0.1) is 34.6 Å². The number of pyridine rings is 2. The number of hydrogen-bond acceptors (Lipinski definition) is 7. The first-order valence-corrected chi connectivity index (χ1v) is 14.4. The Labute approximate surface area is 231 Å². The molecule has 2 N–H and O–H groups in total. The van der Waals surface area contributed by atoms with E-state index < -0.39 is 17.2 Å². The maximum atomic E-state index is 14.7. The Morgan fingerprint density at radius 1 is 1.12 bits per heavy atom. The van der Waals surface area contributed by atoms with Crippen molar-refractivity contribution in [3.05, 3.63) is 62.2 Å². The van der Waals surface area contributed by atoms with Crippen LogP contribution in [0.1, 0.15) is 73.3 Å². The number of rotatable bonds is 4. The number of carbonyl (C=O) groups excluding carboxylic acids is 1. The van der Waals surface area contributed by atoms with E-state index in [2.05, 4.69) is 4.90 Å². The summed E-state index contributed by atoms with van der Waals surface area (Å²) in [4.78, 5) is 33.5. The molecule has 8 nitrogen and oxygen atoms in total. The largest absolute Gasteiger partial charge is 0.458 e. The monoisotopic (exact) mass is 547 g/mol. The molecule has 0 unspecified atom stereocenters. The highest BCUT2D eigenvalue weighted by Crippen LogP contribution is 2.44. The number of hydrogen-bond donors (Lipinski definition) is 2. The van der Waals surface area contributed by atoms with Crippen LogP contribution in [0.4, 0.5) is 4.39 Å². The van der Waals surface area contributed by atoms with E-state index in [0.717, 1.165) is 61.7 Å². The molecule has 0 spiro atoms. The number of esters is 1. The first-order valence-electron chi connectivity index (χ1n) is 14.4. The fourth-order valence-electron chi connectivity index (χ4n) is 7.27. The maximum absolute atomic E-state index is 14.7. The zero-order chi connectivity index (χ0) is 28.0. The summed E-state index contributed by atoms with van der Waals surface area (Å²) in [5.41, 5.74) is 1.92. The van der Waals surface area contributed by atoms with E-state index in [-0.39, 0.29) is 35.5 Å². The Hall–Kier alpha value is -3.14. The van der Waals surface area contributed by atoms with E-state index in [1.807, 2.05) is 6.07 Å². The second kappa shape index (κ2) is 8.93. The molecule has 0 bridgehead atoms. The zero-order valence-electron chi connectivity index (χ0n) is 22.9. The van der Waals surface area contributed by atoms with Gasteiger partial charge in [-0.1, -0.05) is 6.92 Å². The quantitative estimate of drug-likeness (QED) is 0.376. The highest BCUT2D eigenvalue weighted by molar-refractivity contribution is 5.89. The number of benzene rings is 1. The van der Waals surface area contributed by atoms with Gasteiger partial charge >= 0.3 is 5.97 Å². The highest BCUT2D eigenvalue weighted by Gasteiger charge is 2.46. The number of carbonyl (C=O) groups is 1. The number of likely N-dealkylation sites (tertiary alicyclic amines) is 1. The Morgan fingerprint density at radius 2 is 1.88 bits per heavy atom. The minimum atomic E-state index is -1.90. The molecular formula is C31H34FN3O5. The first-order chi connectivity index (χ1) is 19.1. The average Bonchev–Trinajstić information content (AvgIpc) is 3.30. The lowest BCUT2D eigenvalue weighted by Gasteiger charge is -2.46. The van der Waals surface area contributed by atoms with Crippen LogP contribution >= 0.6 is 0 Å². The lowest BCUT2D eigenvalue weighted by Crippen LogP contribution is -2.49. The van der Waals surface area contributed by atoms with Gasteiger partial charge in [0.2, 0.25) is 0 Å². The van der Waals surface area contributed by atoms with Crippen molar-refractivity contribution < 1.29 is 24.1 Å². The molecule has 210 valence electrons. The number of cyclic esters (lactones) is 1. The molecule has 0 radical (unpaired) electrons. The SMILES string of the molecule is CC[C@@]1(O)C(=O)OCc2c1cc1n(c2=O)Cc2c-1nc1cc(F)c(C)cc1c2CN1CCC(C2(O)CCC2)CC1. The predicted octanol–water partition coefficient (Wildman–Crippen LogP) is 3.65. The topological polar surface area (TPSA) is 105 Å². The van der Waals surface area contributed by atoms with Gasteiger partial charge < -0.3 is 19.5 Å². The fourth-order valence-corrected chi connectivity index (χ4v) is 7.27. The summed E-state index contributed by atoms with van der Waals surface area (Å²) in [5.74, 6) is -0.778. The Bertz CT molecular complexity index is 1640. The molecule has 2 fully saturated rings. The number of nitrogens with zero attached hydrogens (tertiary/aromatic N) is 3. The Kier molecular flexibility index (Phi) is 5.76. The van der Waals surface area contributed by atoms with Gasteiger partial charge in [0.15, 0.2) is 5.60 Å². The number of fused-ring (bicyclic) bond motifs is 5. The Balaban J connectivity index is 1.33. The number of aryl methyl sites for hydroxylation is 1. The molecule has 1 atom stereocenters. The van der Waals surface area contributed by atoms with Crippen molar-refractivity contribution in [3.63, 3.8) is 0 Å². The molecule has 40 heavy (non-hydrogen) atoms. The summed E-state index contributed by atoms with van der Waals surface area (Å²) >= 11 is 0. The smallest absolute Gasteiger partial charge is 0.343 e. The number of aliphatic hydroxyl groups is 2. The molecule has 1 saturated carbocycles. The lowest BCUT2D eigenvalue weighted by molar-refractivity contribution is -0.172. The average molecular weight is 548 g/mol. The minimum Gasteiger partial charge on any atom is -0.458 e. The molecule has 1 saturated heterocycles. The van der Waals surface area contributed by atoms with Crippen molar-refractivity contribution in [1.29, 1.82) is 0 Å². The van der Waals surface area contributed by atoms with E-state index in [1.54, 1.807) is 24.5 Å². The molecule has 2 aromatic heterocycles. The van der Waals surface area contributed by atoms with Crippen molar-refractivity contribution in [3.8, 4) is 11.4 Å². The van der Waals surface area contributed by atoms with Crippen LogP contribution in [-0.2, 0) is 34.8 Å². The van der Waals surface area contributed by atoms with E-state index in [1.165, 1.54) is 6.07 Å². The molecule has 5 heterocycles. The van der Waals surface area contributed by atoms with Gasteiger partial charge in [-0.3, -0.25) is 9.69 Å². The van der Waals surface area contributed by atoms with Crippen LogP contribution in [0.5, 0.6) is 0 Å². The van der Waals surface area contributed by atoms with Gasteiger partial charge in [-0.05, 0) is 87.7 Å². The lowest BCUT2D eigenvalue weighted by atomic mass is 9.68. The van der Waals surface area contributed by atoms with Crippen molar-refractivity contribution in [2.24, 2.45) is 5.92 Å².